The highest BCUT2D eigenvalue weighted by Crippen LogP contribution is 2.35. The smallest absolute Gasteiger partial charge is 0.399 e. The van der Waals surface area contributed by atoms with E-state index >= 15 is 0 Å². The molecule has 0 bridgehead atoms. The molecule has 2 heterocycles. The molecule has 1 saturated carbocycles. The summed E-state index contributed by atoms with van der Waals surface area (Å²) in [5.74, 6) is 2.58. The van der Waals surface area contributed by atoms with E-state index in [2.05, 4.69) is 41.2 Å². The quantitative estimate of drug-likeness (QED) is 0.421. The molecule has 0 spiro atoms. The number of nitrogens with zero attached hydrogens (tertiary/aromatic N) is 3. The first-order valence-electron chi connectivity index (χ1n) is 10.9. The van der Waals surface area contributed by atoms with Crippen LogP contribution in [0.5, 0.6) is 17.6 Å². The van der Waals surface area contributed by atoms with Gasteiger partial charge in [0.2, 0.25) is 11.7 Å². The minimum Gasteiger partial charge on any atom is -0.490 e. The predicted octanol–water partition coefficient (Wildman–Crippen LogP) is 5.02. The lowest BCUT2D eigenvalue weighted by molar-refractivity contribution is 0.101. The van der Waals surface area contributed by atoms with Gasteiger partial charge in [0.05, 0.1) is 6.20 Å². The molecule has 1 aliphatic carbocycles. The van der Waals surface area contributed by atoms with Crippen LogP contribution in [0.3, 0.4) is 0 Å². The second kappa shape index (κ2) is 8.37. The van der Waals surface area contributed by atoms with E-state index in [4.69, 9.17) is 24.0 Å². The first-order chi connectivity index (χ1) is 15.9. The number of hydrogen-bond donors (Lipinski definition) is 1. The summed E-state index contributed by atoms with van der Waals surface area (Å²) in [6.45, 7) is 6.09. The molecule has 0 amide bonds. The van der Waals surface area contributed by atoms with Crippen LogP contribution in [-0.4, -0.2) is 27.3 Å². The Hall–Kier alpha value is -3.65. The molecule has 0 unspecified atom stereocenters. The third-order valence-electron chi connectivity index (χ3n) is 6.01. The van der Waals surface area contributed by atoms with Crippen molar-refractivity contribution in [2.45, 2.75) is 51.2 Å². The van der Waals surface area contributed by atoms with Crippen molar-refractivity contribution >= 4 is 0 Å². The van der Waals surface area contributed by atoms with Crippen molar-refractivity contribution in [3.8, 4) is 29.2 Å². The van der Waals surface area contributed by atoms with Gasteiger partial charge in [0.15, 0.2) is 0 Å². The lowest BCUT2D eigenvalue weighted by Crippen LogP contribution is -2.43. The minimum atomic E-state index is -0.193. The molecule has 0 atom stereocenters. The normalized spacial score (nSPS) is 18.1. The minimum absolute atomic E-state index is 0.107. The van der Waals surface area contributed by atoms with Crippen LogP contribution in [0.25, 0.3) is 11.7 Å². The fraction of sp³-hybridized carbons (Fsp3) is 0.320. The number of aromatic nitrogens is 3. The maximum Gasteiger partial charge on any atom is 0.399 e. The van der Waals surface area contributed by atoms with Crippen LogP contribution in [0.15, 0.2) is 63.6 Å². The van der Waals surface area contributed by atoms with Crippen LogP contribution in [0.4, 0.5) is 0 Å². The van der Waals surface area contributed by atoms with Gasteiger partial charge in [-0.15, -0.1) is 10.2 Å². The van der Waals surface area contributed by atoms with Crippen LogP contribution in [0.1, 0.15) is 43.7 Å². The topological polar surface area (TPSA) is 109 Å². The van der Waals surface area contributed by atoms with E-state index in [-0.39, 0.29) is 29.5 Å². The summed E-state index contributed by atoms with van der Waals surface area (Å²) in [4.78, 5) is 4.12. The Bertz CT molecular complexity index is 1220. The van der Waals surface area contributed by atoms with E-state index < -0.39 is 0 Å². The molecule has 2 N–H and O–H groups in total. The Labute approximate surface area is 191 Å². The Morgan fingerprint density at radius 3 is 2.12 bits per heavy atom. The maximum absolute atomic E-state index is 5.97. The van der Waals surface area contributed by atoms with E-state index in [9.17, 15) is 0 Å². The predicted molar refractivity (Wildman–Crippen MR) is 121 cm³/mol. The van der Waals surface area contributed by atoms with Crippen molar-refractivity contribution in [1.82, 2.24) is 15.2 Å². The highest BCUT2D eigenvalue weighted by atomic mass is 16.6. The van der Waals surface area contributed by atoms with Crippen LogP contribution in [-0.2, 0) is 5.41 Å². The molecule has 8 heteroatoms. The standard InChI is InChI=1S/C25H26N4O4/c1-15-28-29-23(30-15)22-14-27-24(33-22)32-20-10-6-17(7-11-20)25(2,3)16-4-8-19(9-5-16)31-21-12-18(26)13-21/h4-11,14,18,21H,12-13,26H2,1-3H3. The Kier molecular flexibility index (Phi) is 5.38. The number of rotatable bonds is 7. The van der Waals surface area contributed by atoms with Crippen molar-refractivity contribution in [3.05, 3.63) is 71.7 Å². The molecule has 2 aromatic carbocycles. The van der Waals surface area contributed by atoms with Gasteiger partial charge >= 0.3 is 6.08 Å². The van der Waals surface area contributed by atoms with Crippen molar-refractivity contribution in [1.29, 1.82) is 0 Å². The monoisotopic (exact) mass is 446 g/mol. The van der Waals surface area contributed by atoms with Gasteiger partial charge in [-0.3, -0.25) is 0 Å². The van der Waals surface area contributed by atoms with Crippen LogP contribution < -0.4 is 15.2 Å². The van der Waals surface area contributed by atoms with Crippen LogP contribution >= 0.6 is 0 Å². The highest BCUT2D eigenvalue weighted by Gasteiger charge is 2.28. The molecule has 33 heavy (non-hydrogen) atoms. The Balaban J connectivity index is 1.25. The number of aryl methyl sites for hydroxylation is 1. The number of nitrogens with two attached hydrogens (primary N) is 1. The summed E-state index contributed by atoms with van der Waals surface area (Å²) in [5, 5.41) is 7.70. The van der Waals surface area contributed by atoms with Gasteiger partial charge in [-0.05, 0) is 48.2 Å². The molecule has 4 aromatic rings. The zero-order chi connectivity index (χ0) is 23.0. The van der Waals surface area contributed by atoms with Gasteiger partial charge in [-0.25, -0.2) is 0 Å². The second-order valence-electron chi connectivity index (χ2n) is 8.86. The first-order valence-corrected chi connectivity index (χ1v) is 10.9. The number of hydrogen-bond acceptors (Lipinski definition) is 8. The summed E-state index contributed by atoms with van der Waals surface area (Å²) in [6, 6.07) is 16.5. The third kappa shape index (κ3) is 4.47. The molecule has 5 rings (SSSR count). The van der Waals surface area contributed by atoms with E-state index in [1.807, 2.05) is 36.4 Å². The van der Waals surface area contributed by atoms with E-state index in [0.717, 1.165) is 24.2 Å². The summed E-state index contributed by atoms with van der Waals surface area (Å²) in [5.41, 5.74) is 8.00. The molecule has 0 aliphatic heterocycles. The first kappa shape index (κ1) is 21.2. The van der Waals surface area contributed by atoms with Gasteiger partial charge in [0.25, 0.3) is 5.89 Å². The lowest BCUT2D eigenvalue weighted by atomic mass is 9.78. The Morgan fingerprint density at radius 1 is 0.909 bits per heavy atom. The average molecular weight is 447 g/mol. The summed E-state index contributed by atoms with van der Waals surface area (Å²) in [7, 11) is 0. The van der Waals surface area contributed by atoms with Gasteiger partial charge in [0.1, 0.15) is 17.6 Å². The van der Waals surface area contributed by atoms with Crippen LogP contribution in [0, 0.1) is 6.92 Å². The van der Waals surface area contributed by atoms with E-state index in [0.29, 0.717) is 17.4 Å². The molecule has 0 radical (unpaired) electrons. The number of oxazole rings is 1. The second-order valence-corrected chi connectivity index (χ2v) is 8.86. The zero-order valence-electron chi connectivity index (χ0n) is 18.8. The number of benzene rings is 2. The van der Waals surface area contributed by atoms with E-state index in [1.54, 1.807) is 6.92 Å². The van der Waals surface area contributed by atoms with Crippen molar-refractivity contribution in [3.63, 3.8) is 0 Å². The maximum atomic E-state index is 5.97. The summed E-state index contributed by atoms with van der Waals surface area (Å²) >= 11 is 0. The Morgan fingerprint density at radius 2 is 1.55 bits per heavy atom. The SMILES string of the molecule is Cc1nnc(-c2cnc(Oc3ccc(C(C)(C)c4ccc(OC5CC(N)C5)cc4)cc3)o2)o1. The number of ether oxygens (including phenoxy) is 2. The fourth-order valence-electron chi connectivity index (χ4n) is 3.85. The van der Waals surface area contributed by atoms with E-state index in [1.165, 1.54) is 11.8 Å². The average Bonchev–Trinajstić information content (AvgIpc) is 3.42. The summed E-state index contributed by atoms with van der Waals surface area (Å²) in [6.07, 6.45) is 3.69. The van der Waals surface area contributed by atoms with Crippen molar-refractivity contribution < 1.29 is 18.3 Å². The van der Waals surface area contributed by atoms with Gasteiger partial charge in [-0.1, -0.05) is 38.1 Å². The fourth-order valence-corrected chi connectivity index (χ4v) is 3.85. The van der Waals surface area contributed by atoms with Gasteiger partial charge in [0, 0.05) is 18.4 Å². The van der Waals surface area contributed by atoms with Gasteiger partial charge < -0.3 is 24.0 Å². The largest absolute Gasteiger partial charge is 0.490 e. The van der Waals surface area contributed by atoms with Crippen LogP contribution in [0.2, 0.25) is 0 Å². The third-order valence-corrected chi connectivity index (χ3v) is 6.01. The molecule has 0 saturated heterocycles. The van der Waals surface area contributed by atoms with Crippen molar-refractivity contribution in [2.75, 3.05) is 0 Å². The zero-order valence-corrected chi connectivity index (χ0v) is 18.8. The molecule has 8 nitrogen and oxygen atoms in total. The summed E-state index contributed by atoms with van der Waals surface area (Å²) < 4.78 is 22.6. The lowest BCUT2D eigenvalue weighted by Gasteiger charge is -2.33. The van der Waals surface area contributed by atoms with Crippen molar-refractivity contribution in [2.24, 2.45) is 5.73 Å². The molecular formula is C25H26N4O4. The molecule has 1 fully saturated rings. The highest BCUT2D eigenvalue weighted by molar-refractivity contribution is 5.43. The van der Waals surface area contributed by atoms with Gasteiger partial charge in [-0.2, -0.15) is 4.98 Å². The molecule has 2 aromatic heterocycles. The molecule has 170 valence electrons. The molecular weight excluding hydrogens is 420 g/mol. The molecule has 1 aliphatic rings.